The molecule has 4 rings (SSSR count). The van der Waals surface area contributed by atoms with Gasteiger partial charge in [-0.15, -0.1) is 0 Å². The van der Waals surface area contributed by atoms with E-state index in [1.807, 2.05) is 30.3 Å². The monoisotopic (exact) mass is 416 g/mol. The molecule has 10 heteroatoms. The number of rotatable bonds is 5. The summed E-state index contributed by atoms with van der Waals surface area (Å²) in [6, 6.07) is 12.6. The molecule has 0 radical (unpaired) electrons. The van der Waals surface area contributed by atoms with E-state index in [9.17, 15) is 17.6 Å². The van der Waals surface area contributed by atoms with E-state index in [0.717, 1.165) is 22.0 Å². The Hall–Kier alpha value is -3.11. The lowest BCUT2D eigenvalue weighted by atomic mass is 10.1. The van der Waals surface area contributed by atoms with Crippen LogP contribution in [0.2, 0.25) is 0 Å². The summed E-state index contributed by atoms with van der Waals surface area (Å²) in [6.07, 6.45) is -0.0773. The molecule has 0 bridgehead atoms. The number of nitrogens with one attached hydrogen (secondary N) is 1. The first-order valence-corrected chi connectivity index (χ1v) is 10.3. The fourth-order valence-corrected chi connectivity index (χ4v) is 4.71. The number of sulfonamides is 1. The van der Waals surface area contributed by atoms with Gasteiger partial charge in [0.05, 0.1) is 11.3 Å². The second kappa shape index (κ2) is 7.72. The van der Waals surface area contributed by atoms with Gasteiger partial charge in [-0.2, -0.15) is 9.29 Å². The zero-order valence-corrected chi connectivity index (χ0v) is 16.0. The molecule has 1 aromatic heterocycles. The van der Waals surface area contributed by atoms with Crippen molar-refractivity contribution in [2.45, 2.75) is 17.4 Å². The third kappa shape index (κ3) is 3.89. The number of carbonyl (C=O) groups is 1. The number of amides is 1. The Morgan fingerprint density at radius 2 is 1.86 bits per heavy atom. The lowest BCUT2D eigenvalue weighted by Gasteiger charge is -2.33. The van der Waals surface area contributed by atoms with Crippen LogP contribution in [0.25, 0.3) is 11.4 Å². The van der Waals surface area contributed by atoms with E-state index in [-0.39, 0.29) is 30.3 Å². The van der Waals surface area contributed by atoms with Gasteiger partial charge in [0, 0.05) is 18.7 Å². The lowest BCUT2D eigenvalue weighted by Crippen LogP contribution is -2.57. The summed E-state index contributed by atoms with van der Waals surface area (Å²) in [5.41, 5.74) is 0.742. The van der Waals surface area contributed by atoms with Gasteiger partial charge < -0.3 is 9.84 Å². The molecule has 3 aromatic rings. The third-order valence-corrected chi connectivity index (χ3v) is 6.49. The van der Waals surface area contributed by atoms with Crippen LogP contribution in [0.3, 0.4) is 0 Å². The Morgan fingerprint density at radius 3 is 2.59 bits per heavy atom. The highest BCUT2D eigenvalue weighted by atomic mass is 32.2. The zero-order chi connectivity index (χ0) is 20.4. The number of piperazine rings is 1. The zero-order valence-electron chi connectivity index (χ0n) is 15.2. The maximum absolute atomic E-state index is 13.2. The quantitative estimate of drug-likeness (QED) is 0.677. The summed E-state index contributed by atoms with van der Waals surface area (Å²) in [6.45, 7) is 0.255. The van der Waals surface area contributed by atoms with Crippen molar-refractivity contribution in [2.24, 2.45) is 0 Å². The smallest absolute Gasteiger partial charge is 0.243 e. The molecule has 1 atom stereocenters. The van der Waals surface area contributed by atoms with Gasteiger partial charge in [-0.05, 0) is 24.3 Å². The molecular weight excluding hydrogens is 399 g/mol. The van der Waals surface area contributed by atoms with Crippen LogP contribution in [0.15, 0.2) is 64.0 Å². The number of benzene rings is 2. The highest BCUT2D eigenvalue weighted by molar-refractivity contribution is 7.89. The topological polar surface area (TPSA) is 105 Å². The van der Waals surface area contributed by atoms with Crippen LogP contribution >= 0.6 is 0 Å². The van der Waals surface area contributed by atoms with Gasteiger partial charge in [0.1, 0.15) is 11.9 Å². The molecule has 1 N–H and O–H groups in total. The molecule has 1 saturated heterocycles. The number of hydrogen-bond acceptors (Lipinski definition) is 6. The largest absolute Gasteiger partial charge is 0.353 e. The number of hydrogen-bond donors (Lipinski definition) is 1. The number of aromatic nitrogens is 2. The van der Waals surface area contributed by atoms with Crippen molar-refractivity contribution in [3.05, 3.63) is 66.3 Å². The summed E-state index contributed by atoms with van der Waals surface area (Å²) in [4.78, 5) is 16.6. The van der Waals surface area contributed by atoms with Crippen LogP contribution in [0, 0.1) is 5.82 Å². The Bertz CT molecular complexity index is 1120. The van der Waals surface area contributed by atoms with Crippen LogP contribution in [0.1, 0.15) is 5.89 Å². The van der Waals surface area contributed by atoms with Crippen molar-refractivity contribution in [3.63, 3.8) is 0 Å². The van der Waals surface area contributed by atoms with Crippen molar-refractivity contribution in [2.75, 3.05) is 13.1 Å². The summed E-state index contributed by atoms with van der Waals surface area (Å²) < 4.78 is 45.6. The van der Waals surface area contributed by atoms with Gasteiger partial charge >= 0.3 is 0 Å². The number of halogens is 1. The Balaban J connectivity index is 1.61. The maximum atomic E-state index is 13.2. The van der Waals surface area contributed by atoms with Crippen LogP contribution < -0.4 is 5.32 Å². The highest BCUT2D eigenvalue weighted by Crippen LogP contribution is 2.23. The van der Waals surface area contributed by atoms with Gasteiger partial charge in [-0.1, -0.05) is 35.5 Å². The average Bonchev–Trinajstić information content (AvgIpc) is 3.19. The predicted molar refractivity (Wildman–Crippen MR) is 101 cm³/mol. The first-order valence-electron chi connectivity index (χ1n) is 8.88. The van der Waals surface area contributed by atoms with E-state index in [1.165, 1.54) is 12.1 Å². The molecular formula is C19H17FN4O4S. The van der Waals surface area contributed by atoms with Crippen molar-refractivity contribution in [1.29, 1.82) is 0 Å². The van der Waals surface area contributed by atoms with Crippen molar-refractivity contribution < 1.29 is 22.1 Å². The molecule has 1 unspecified atom stereocenters. The average molecular weight is 416 g/mol. The second-order valence-electron chi connectivity index (χ2n) is 6.46. The minimum Gasteiger partial charge on any atom is -0.353 e. The summed E-state index contributed by atoms with van der Waals surface area (Å²) in [5, 5.41) is 6.56. The van der Waals surface area contributed by atoms with Gasteiger partial charge in [0.15, 0.2) is 0 Å². The minimum atomic E-state index is -4.01. The lowest BCUT2D eigenvalue weighted by molar-refractivity contribution is -0.126. The molecule has 0 aliphatic carbocycles. The van der Waals surface area contributed by atoms with E-state index in [2.05, 4.69) is 15.5 Å². The molecule has 1 fully saturated rings. The van der Waals surface area contributed by atoms with E-state index in [1.54, 1.807) is 0 Å². The molecule has 8 nitrogen and oxygen atoms in total. The molecule has 150 valence electrons. The molecule has 2 heterocycles. The van der Waals surface area contributed by atoms with Gasteiger partial charge in [-0.25, -0.2) is 12.8 Å². The molecule has 1 amide bonds. The van der Waals surface area contributed by atoms with Crippen LogP contribution in [-0.2, 0) is 21.2 Å². The van der Waals surface area contributed by atoms with E-state index >= 15 is 0 Å². The Kier molecular flexibility index (Phi) is 5.12. The molecule has 0 spiro atoms. The minimum absolute atomic E-state index is 0.0773. The molecule has 1 aliphatic rings. The Morgan fingerprint density at radius 1 is 1.14 bits per heavy atom. The van der Waals surface area contributed by atoms with Gasteiger partial charge in [0.2, 0.25) is 27.6 Å². The molecule has 29 heavy (non-hydrogen) atoms. The predicted octanol–water partition coefficient (Wildman–Crippen LogP) is 1.61. The number of nitrogens with zero attached hydrogens (tertiary/aromatic N) is 3. The van der Waals surface area contributed by atoms with Gasteiger partial charge in [0.25, 0.3) is 0 Å². The van der Waals surface area contributed by atoms with Crippen LogP contribution in [-0.4, -0.2) is 47.9 Å². The van der Waals surface area contributed by atoms with Crippen LogP contribution in [0.5, 0.6) is 0 Å². The van der Waals surface area contributed by atoms with E-state index < -0.39 is 27.8 Å². The summed E-state index contributed by atoms with van der Waals surface area (Å²) in [7, 11) is -4.01. The third-order valence-electron chi connectivity index (χ3n) is 4.57. The normalized spacial score (nSPS) is 17.8. The molecule has 2 aromatic carbocycles. The van der Waals surface area contributed by atoms with Crippen LogP contribution in [0.4, 0.5) is 4.39 Å². The molecule has 1 aliphatic heterocycles. The summed E-state index contributed by atoms with van der Waals surface area (Å²) >= 11 is 0. The van der Waals surface area contributed by atoms with Crippen molar-refractivity contribution in [3.8, 4) is 11.4 Å². The molecule has 0 saturated carbocycles. The SMILES string of the molecule is O=C1NCCN(S(=O)(=O)c2ccc(F)cc2)C1Cc1nc(-c2ccccc2)no1. The maximum Gasteiger partial charge on any atom is 0.243 e. The number of carbonyl (C=O) groups excluding carboxylic acids is 1. The van der Waals surface area contributed by atoms with E-state index in [0.29, 0.717) is 5.82 Å². The first-order chi connectivity index (χ1) is 13.9. The fourth-order valence-electron chi connectivity index (χ4n) is 3.13. The first kappa shape index (κ1) is 19.2. The van der Waals surface area contributed by atoms with E-state index in [4.69, 9.17) is 4.52 Å². The van der Waals surface area contributed by atoms with Gasteiger partial charge in [-0.3, -0.25) is 4.79 Å². The Labute approximate surface area is 166 Å². The fraction of sp³-hybridized carbons (Fsp3) is 0.211. The van der Waals surface area contributed by atoms with Crippen molar-refractivity contribution in [1.82, 2.24) is 19.8 Å². The standard InChI is InChI=1S/C19H17FN4O4S/c20-14-6-8-15(9-7-14)29(26,27)24-11-10-21-19(25)16(24)12-17-22-18(23-28-17)13-4-2-1-3-5-13/h1-9,16H,10-12H2,(H,21,25). The summed E-state index contributed by atoms with van der Waals surface area (Å²) in [5.74, 6) is -0.507. The van der Waals surface area contributed by atoms with Crippen molar-refractivity contribution >= 4 is 15.9 Å². The highest BCUT2D eigenvalue weighted by Gasteiger charge is 2.39. The second-order valence-corrected chi connectivity index (χ2v) is 8.35.